The summed E-state index contributed by atoms with van der Waals surface area (Å²) < 4.78 is 5.22. The van der Waals surface area contributed by atoms with Crippen LogP contribution in [0, 0.1) is 0 Å². The maximum Gasteiger partial charge on any atom is 0.242 e. The summed E-state index contributed by atoms with van der Waals surface area (Å²) in [6.45, 7) is 1.77. The Morgan fingerprint density at radius 2 is 2.50 bits per heavy atom. The molecule has 1 aliphatic heterocycles. The lowest BCUT2D eigenvalue weighted by atomic mass is 10.2. The number of carbonyl (C=O) groups excluding carboxylic acids is 1. The Balaban J connectivity index is 2.04. The second-order valence-corrected chi connectivity index (χ2v) is 3.88. The molecule has 0 bridgehead atoms. The molecule has 1 aliphatic rings. The molecule has 2 rings (SSSR count). The lowest BCUT2D eigenvalue weighted by molar-refractivity contribution is -0.134. The highest BCUT2D eigenvalue weighted by Gasteiger charge is 2.26. The number of hydrogen-bond acceptors (Lipinski definition) is 4. The first-order valence-corrected chi connectivity index (χ1v) is 5.46. The van der Waals surface area contributed by atoms with Gasteiger partial charge in [-0.2, -0.15) is 0 Å². The molecule has 0 spiro atoms. The molecule has 1 unspecified atom stereocenters. The van der Waals surface area contributed by atoms with E-state index in [0.717, 1.165) is 18.7 Å². The van der Waals surface area contributed by atoms with Gasteiger partial charge in [0.05, 0.1) is 19.4 Å². The van der Waals surface area contributed by atoms with Crippen molar-refractivity contribution in [3.63, 3.8) is 0 Å². The molecule has 1 atom stereocenters. The van der Waals surface area contributed by atoms with Gasteiger partial charge in [0.2, 0.25) is 5.91 Å². The van der Waals surface area contributed by atoms with Crippen LogP contribution >= 0.6 is 0 Å². The molecule has 0 aromatic carbocycles. The van der Waals surface area contributed by atoms with Crippen LogP contribution in [0.3, 0.4) is 0 Å². The predicted octanol–water partition coefficient (Wildman–Crippen LogP) is -0.0376. The topological polar surface area (TPSA) is 65.7 Å². The average Bonchev–Trinajstić information content (AvgIpc) is 2.73. The smallest absolute Gasteiger partial charge is 0.242 e. The number of aliphatic hydroxyl groups is 1. The van der Waals surface area contributed by atoms with E-state index in [0.29, 0.717) is 13.1 Å². The Bertz CT molecular complexity index is 337. The molecule has 2 N–H and O–H groups in total. The van der Waals surface area contributed by atoms with Crippen LogP contribution < -0.4 is 5.32 Å². The number of aliphatic hydroxyl groups excluding tert-OH is 1. The van der Waals surface area contributed by atoms with Crippen molar-refractivity contribution in [3.05, 3.63) is 24.2 Å². The van der Waals surface area contributed by atoms with Crippen LogP contribution in [-0.2, 0) is 11.3 Å². The Morgan fingerprint density at radius 3 is 3.19 bits per heavy atom. The summed E-state index contributed by atoms with van der Waals surface area (Å²) in [6.07, 6.45) is 2.49. The minimum atomic E-state index is -0.475. The van der Waals surface area contributed by atoms with E-state index in [1.165, 1.54) is 0 Å². The van der Waals surface area contributed by atoms with Gasteiger partial charge < -0.3 is 19.7 Å². The second-order valence-electron chi connectivity index (χ2n) is 3.88. The molecule has 1 saturated heterocycles. The van der Waals surface area contributed by atoms with Crippen molar-refractivity contribution in [1.82, 2.24) is 10.2 Å². The standard InChI is InChI=1S/C11H16N2O3/c14-8-10-11(15)13(5-2-4-12-10)7-9-3-1-6-16-9/h1,3,6,10,12,14H,2,4-5,7-8H2. The number of carbonyl (C=O) groups is 1. The predicted molar refractivity (Wildman–Crippen MR) is 57.6 cm³/mol. The summed E-state index contributed by atoms with van der Waals surface area (Å²) in [5, 5.41) is 12.1. The fraction of sp³-hybridized carbons (Fsp3) is 0.545. The Hall–Kier alpha value is -1.33. The SMILES string of the molecule is O=C1C(CO)NCCCN1Cc1ccco1. The molecule has 5 heteroatoms. The Labute approximate surface area is 94.0 Å². The normalized spacial score (nSPS) is 22.2. The molecular weight excluding hydrogens is 208 g/mol. The van der Waals surface area contributed by atoms with E-state index in [2.05, 4.69) is 5.32 Å². The van der Waals surface area contributed by atoms with Gasteiger partial charge in [0, 0.05) is 6.54 Å². The zero-order valence-corrected chi connectivity index (χ0v) is 9.06. The fourth-order valence-corrected chi connectivity index (χ4v) is 1.85. The van der Waals surface area contributed by atoms with Gasteiger partial charge in [0.15, 0.2) is 0 Å². The van der Waals surface area contributed by atoms with E-state index in [-0.39, 0.29) is 12.5 Å². The molecule has 88 valence electrons. The van der Waals surface area contributed by atoms with Crippen LogP contribution in [0.2, 0.25) is 0 Å². The van der Waals surface area contributed by atoms with E-state index in [1.807, 2.05) is 6.07 Å². The van der Waals surface area contributed by atoms with Crippen LogP contribution in [0.15, 0.2) is 22.8 Å². The van der Waals surface area contributed by atoms with Crippen LogP contribution in [0.4, 0.5) is 0 Å². The second kappa shape index (κ2) is 5.14. The van der Waals surface area contributed by atoms with Crippen LogP contribution in [0.5, 0.6) is 0 Å². The summed E-state index contributed by atoms with van der Waals surface area (Å²) in [5.74, 6) is 0.711. The molecule has 0 radical (unpaired) electrons. The molecule has 2 heterocycles. The van der Waals surface area contributed by atoms with Gasteiger partial charge in [-0.1, -0.05) is 0 Å². The molecular formula is C11H16N2O3. The van der Waals surface area contributed by atoms with Crippen molar-refractivity contribution in [3.8, 4) is 0 Å². The largest absolute Gasteiger partial charge is 0.467 e. The zero-order valence-electron chi connectivity index (χ0n) is 9.06. The first kappa shape index (κ1) is 11.2. The number of hydrogen-bond donors (Lipinski definition) is 2. The average molecular weight is 224 g/mol. The van der Waals surface area contributed by atoms with Crippen molar-refractivity contribution < 1.29 is 14.3 Å². The van der Waals surface area contributed by atoms with Gasteiger partial charge in [-0.15, -0.1) is 0 Å². The number of nitrogens with one attached hydrogen (secondary N) is 1. The van der Waals surface area contributed by atoms with Gasteiger partial charge in [-0.3, -0.25) is 4.79 Å². The summed E-state index contributed by atoms with van der Waals surface area (Å²) in [5.41, 5.74) is 0. The van der Waals surface area contributed by atoms with Crippen molar-refractivity contribution in [2.75, 3.05) is 19.7 Å². The Kier molecular flexibility index (Phi) is 3.58. The quantitative estimate of drug-likeness (QED) is 0.756. The summed E-state index contributed by atoms with van der Waals surface area (Å²) in [4.78, 5) is 13.7. The summed E-state index contributed by atoms with van der Waals surface area (Å²) >= 11 is 0. The monoisotopic (exact) mass is 224 g/mol. The third-order valence-electron chi connectivity index (χ3n) is 2.71. The number of furan rings is 1. The van der Waals surface area contributed by atoms with E-state index in [1.54, 1.807) is 17.2 Å². The lowest BCUT2D eigenvalue weighted by Crippen LogP contribution is -2.45. The highest BCUT2D eigenvalue weighted by atomic mass is 16.3. The molecule has 1 aromatic heterocycles. The first-order chi connectivity index (χ1) is 7.81. The number of amides is 1. The zero-order chi connectivity index (χ0) is 11.4. The maximum absolute atomic E-state index is 12.0. The minimum absolute atomic E-state index is 0.0589. The number of nitrogens with zero attached hydrogens (tertiary/aromatic N) is 1. The van der Waals surface area contributed by atoms with E-state index in [9.17, 15) is 4.79 Å². The highest BCUT2D eigenvalue weighted by Crippen LogP contribution is 2.09. The first-order valence-electron chi connectivity index (χ1n) is 5.46. The molecule has 1 aromatic rings. The van der Waals surface area contributed by atoms with Crippen LogP contribution in [-0.4, -0.2) is 41.7 Å². The van der Waals surface area contributed by atoms with Gasteiger partial charge in [0.25, 0.3) is 0 Å². The summed E-state index contributed by atoms with van der Waals surface area (Å²) in [6, 6.07) is 3.18. The fourth-order valence-electron chi connectivity index (χ4n) is 1.85. The van der Waals surface area contributed by atoms with Crippen molar-refractivity contribution in [1.29, 1.82) is 0 Å². The molecule has 1 amide bonds. The molecule has 1 fully saturated rings. The van der Waals surface area contributed by atoms with Gasteiger partial charge in [-0.25, -0.2) is 0 Å². The van der Waals surface area contributed by atoms with E-state index < -0.39 is 6.04 Å². The molecule has 5 nitrogen and oxygen atoms in total. The van der Waals surface area contributed by atoms with E-state index >= 15 is 0 Å². The molecule has 0 saturated carbocycles. The van der Waals surface area contributed by atoms with Gasteiger partial charge >= 0.3 is 0 Å². The third kappa shape index (κ3) is 2.43. The van der Waals surface area contributed by atoms with Crippen LogP contribution in [0.1, 0.15) is 12.2 Å². The minimum Gasteiger partial charge on any atom is -0.467 e. The van der Waals surface area contributed by atoms with Gasteiger partial charge in [-0.05, 0) is 25.1 Å². The van der Waals surface area contributed by atoms with Gasteiger partial charge in [0.1, 0.15) is 11.8 Å². The lowest BCUT2D eigenvalue weighted by Gasteiger charge is -2.22. The Morgan fingerprint density at radius 1 is 1.62 bits per heavy atom. The highest BCUT2D eigenvalue weighted by molar-refractivity contribution is 5.82. The van der Waals surface area contributed by atoms with Crippen LogP contribution in [0.25, 0.3) is 0 Å². The van der Waals surface area contributed by atoms with E-state index in [4.69, 9.17) is 9.52 Å². The third-order valence-corrected chi connectivity index (χ3v) is 2.71. The van der Waals surface area contributed by atoms with Crippen molar-refractivity contribution in [2.45, 2.75) is 19.0 Å². The van der Waals surface area contributed by atoms with Crippen molar-refractivity contribution >= 4 is 5.91 Å². The number of rotatable bonds is 3. The molecule has 0 aliphatic carbocycles. The maximum atomic E-state index is 12.0. The summed E-state index contributed by atoms with van der Waals surface area (Å²) in [7, 11) is 0. The molecule has 16 heavy (non-hydrogen) atoms. The van der Waals surface area contributed by atoms with Crippen molar-refractivity contribution in [2.24, 2.45) is 0 Å².